The Kier molecular flexibility index (Phi) is 4.05. The molecule has 1 aromatic heterocycles. The fraction of sp³-hybridized carbons (Fsp3) is 0.294. The van der Waals surface area contributed by atoms with Crippen molar-refractivity contribution in [3.8, 4) is 6.07 Å². The van der Waals surface area contributed by atoms with Gasteiger partial charge in [0.05, 0.1) is 6.54 Å². The van der Waals surface area contributed by atoms with Crippen molar-refractivity contribution in [3.63, 3.8) is 0 Å². The van der Waals surface area contributed by atoms with E-state index in [2.05, 4.69) is 0 Å². The van der Waals surface area contributed by atoms with Crippen LogP contribution in [0, 0.1) is 18.3 Å². The number of hydrogen-bond donors (Lipinski definition) is 0. The van der Waals surface area contributed by atoms with Crippen molar-refractivity contribution in [2.75, 3.05) is 0 Å². The Balaban J connectivity index is 2.51. The first kappa shape index (κ1) is 14.1. The van der Waals surface area contributed by atoms with Crippen LogP contribution < -0.4 is 5.56 Å². The first-order valence-electron chi connectivity index (χ1n) is 6.72. The van der Waals surface area contributed by atoms with Gasteiger partial charge < -0.3 is 4.57 Å². The van der Waals surface area contributed by atoms with Gasteiger partial charge >= 0.3 is 0 Å². The van der Waals surface area contributed by atoms with Gasteiger partial charge in [-0.1, -0.05) is 43.7 Å². The zero-order valence-electron chi connectivity index (χ0n) is 12.1. The Morgan fingerprint density at radius 2 is 1.80 bits per heavy atom. The highest BCUT2D eigenvalue weighted by Crippen LogP contribution is 2.15. The Bertz CT molecular complexity index is 703. The third kappa shape index (κ3) is 2.80. The Morgan fingerprint density at radius 3 is 2.35 bits per heavy atom. The van der Waals surface area contributed by atoms with Crippen molar-refractivity contribution in [2.24, 2.45) is 0 Å². The van der Waals surface area contributed by atoms with Gasteiger partial charge in [0.25, 0.3) is 5.56 Å². The average molecular weight is 266 g/mol. The quantitative estimate of drug-likeness (QED) is 0.856. The molecule has 0 aliphatic rings. The molecule has 1 aromatic carbocycles. The van der Waals surface area contributed by atoms with Gasteiger partial charge in [0.15, 0.2) is 0 Å². The molecule has 2 aromatic rings. The first-order chi connectivity index (χ1) is 9.52. The van der Waals surface area contributed by atoms with Crippen LogP contribution in [-0.2, 0) is 6.54 Å². The van der Waals surface area contributed by atoms with Gasteiger partial charge in [0.1, 0.15) is 11.6 Å². The zero-order chi connectivity index (χ0) is 14.7. The molecular weight excluding hydrogens is 248 g/mol. The van der Waals surface area contributed by atoms with E-state index in [0.29, 0.717) is 6.54 Å². The molecule has 0 spiro atoms. The maximum atomic E-state index is 12.3. The lowest BCUT2D eigenvalue weighted by Crippen LogP contribution is -2.26. The summed E-state index contributed by atoms with van der Waals surface area (Å²) in [5.41, 5.74) is 3.20. The molecule has 3 nitrogen and oxygen atoms in total. The monoisotopic (exact) mass is 266 g/mol. The average Bonchev–Trinajstić information content (AvgIpc) is 2.43. The third-order valence-electron chi connectivity index (χ3n) is 3.38. The second kappa shape index (κ2) is 5.75. The molecule has 2 rings (SSSR count). The van der Waals surface area contributed by atoms with Crippen LogP contribution in [0.4, 0.5) is 0 Å². The van der Waals surface area contributed by atoms with E-state index >= 15 is 0 Å². The van der Waals surface area contributed by atoms with E-state index in [1.165, 1.54) is 5.56 Å². The Morgan fingerprint density at radius 1 is 1.15 bits per heavy atom. The summed E-state index contributed by atoms with van der Waals surface area (Å²) in [6, 6.07) is 13.6. The lowest BCUT2D eigenvalue weighted by atomic mass is 10.1. The maximum absolute atomic E-state index is 12.3. The highest BCUT2D eigenvalue weighted by Gasteiger charge is 2.11. The van der Waals surface area contributed by atoms with Crippen LogP contribution in [0.1, 0.15) is 42.1 Å². The molecule has 20 heavy (non-hydrogen) atoms. The number of pyridine rings is 1. The molecule has 0 N–H and O–H groups in total. The van der Waals surface area contributed by atoms with E-state index in [1.54, 1.807) is 10.6 Å². The van der Waals surface area contributed by atoms with E-state index in [1.807, 2.05) is 57.2 Å². The van der Waals surface area contributed by atoms with Crippen molar-refractivity contribution >= 4 is 0 Å². The van der Waals surface area contributed by atoms with E-state index in [4.69, 9.17) is 5.26 Å². The van der Waals surface area contributed by atoms with Crippen LogP contribution in [0.25, 0.3) is 0 Å². The number of aromatic nitrogens is 1. The normalized spacial score (nSPS) is 10.6. The third-order valence-corrected chi connectivity index (χ3v) is 3.38. The fourth-order valence-electron chi connectivity index (χ4n) is 2.22. The summed E-state index contributed by atoms with van der Waals surface area (Å²) in [4.78, 5) is 12.3. The summed E-state index contributed by atoms with van der Waals surface area (Å²) >= 11 is 0. The summed E-state index contributed by atoms with van der Waals surface area (Å²) in [6.45, 7) is 6.63. The molecule has 0 amide bonds. The minimum Gasteiger partial charge on any atom is -0.307 e. The van der Waals surface area contributed by atoms with Gasteiger partial charge in [-0.2, -0.15) is 5.26 Å². The van der Waals surface area contributed by atoms with Crippen molar-refractivity contribution in [2.45, 2.75) is 33.2 Å². The largest absolute Gasteiger partial charge is 0.307 e. The van der Waals surface area contributed by atoms with Crippen molar-refractivity contribution in [1.82, 2.24) is 4.57 Å². The molecule has 0 bridgehead atoms. The standard InChI is InChI=1S/C17H18N2O/c1-12(2)16-9-8-15(10-18)17(20)19(16)11-14-6-4-13(3)5-7-14/h4-9,12H,11H2,1-3H3. The maximum Gasteiger partial charge on any atom is 0.268 e. The van der Waals surface area contributed by atoms with Gasteiger partial charge in [-0.05, 0) is 30.5 Å². The summed E-state index contributed by atoms with van der Waals surface area (Å²) in [5.74, 6) is 0.237. The first-order valence-corrected chi connectivity index (χ1v) is 6.72. The highest BCUT2D eigenvalue weighted by molar-refractivity contribution is 5.30. The summed E-state index contributed by atoms with van der Waals surface area (Å²) in [6.07, 6.45) is 0. The minimum absolute atomic E-state index is 0.196. The van der Waals surface area contributed by atoms with E-state index in [0.717, 1.165) is 11.3 Å². The van der Waals surface area contributed by atoms with Gasteiger partial charge in [0, 0.05) is 5.69 Å². The van der Waals surface area contributed by atoms with Gasteiger partial charge in [-0.25, -0.2) is 0 Å². The molecule has 0 saturated heterocycles. The number of benzene rings is 1. The van der Waals surface area contributed by atoms with Crippen molar-refractivity contribution in [3.05, 3.63) is 69.1 Å². The molecule has 0 aliphatic carbocycles. The zero-order valence-corrected chi connectivity index (χ0v) is 12.1. The molecule has 0 atom stereocenters. The number of rotatable bonds is 3. The summed E-state index contributed by atoms with van der Waals surface area (Å²) in [5, 5.41) is 9.01. The number of nitrogens with zero attached hydrogens (tertiary/aromatic N) is 2. The van der Waals surface area contributed by atoms with Crippen LogP contribution >= 0.6 is 0 Å². The van der Waals surface area contributed by atoms with E-state index < -0.39 is 0 Å². The molecule has 102 valence electrons. The van der Waals surface area contributed by atoms with Crippen LogP contribution in [0.5, 0.6) is 0 Å². The lowest BCUT2D eigenvalue weighted by molar-refractivity contribution is 0.657. The molecular formula is C17H18N2O. The smallest absolute Gasteiger partial charge is 0.268 e. The van der Waals surface area contributed by atoms with Crippen molar-refractivity contribution < 1.29 is 0 Å². The van der Waals surface area contributed by atoms with Crippen LogP contribution in [0.3, 0.4) is 0 Å². The molecule has 1 heterocycles. The molecule has 0 aliphatic heterocycles. The number of aryl methyl sites for hydroxylation is 1. The Labute approximate surface area is 119 Å². The summed E-state index contributed by atoms with van der Waals surface area (Å²) < 4.78 is 1.70. The SMILES string of the molecule is Cc1ccc(Cn2c(C(C)C)ccc(C#N)c2=O)cc1. The lowest BCUT2D eigenvalue weighted by Gasteiger charge is -2.16. The van der Waals surface area contributed by atoms with Crippen LogP contribution in [0.2, 0.25) is 0 Å². The van der Waals surface area contributed by atoms with E-state index in [9.17, 15) is 4.79 Å². The number of hydrogen-bond acceptors (Lipinski definition) is 2. The number of nitriles is 1. The molecule has 0 fully saturated rings. The molecule has 0 unspecified atom stereocenters. The second-order valence-electron chi connectivity index (χ2n) is 5.32. The highest BCUT2D eigenvalue weighted by atomic mass is 16.1. The molecule has 0 saturated carbocycles. The second-order valence-corrected chi connectivity index (χ2v) is 5.32. The van der Waals surface area contributed by atoms with Gasteiger partial charge in [-0.3, -0.25) is 4.79 Å². The fourth-order valence-corrected chi connectivity index (χ4v) is 2.22. The van der Waals surface area contributed by atoms with Crippen molar-refractivity contribution in [1.29, 1.82) is 5.26 Å². The predicted molar refractivity (Wildman–Crippen MR) is 79.8 cm³/mol. The summed E-state index contributed by atoms with van der Waals surface area (Å²) in [7, 11) is 0. The van der Waals surface area contributed by atoms with Gasteiger partial charge in [-0.15, -0.1) is 0 Å². The molecule has 0 radical (unpaired) electrons. The molecule has 3 heteroatoms. The minimum atomic E-state index is -0.209. The van der Waals surface area contributed by atoms with Crippen LogP contribution in [-0.4, -0.2) is 4.57 Å². The van der Waals surface area contributed by atoms with Gasteiger partial charge in [0.2, 0.25) is 0 Å². The Hall–Kier alpha value is -2.34. The predicted octanol–water partition coefficient (Wildman–Crippen LogP) is 3.20. The van der Waals surface area contributed by atoms with E-state index in [-0.39, 0.29) is 17.0 Å². The topological polar surface area (TPSA) is 45.8 Å². The van der Waals surface area contributed by atoms with Crippen LogP contribution in [0.15, 0.2) is 41.2 Å².